The summed E-state index contributed by atoms with van der Waals surface area (Å²) in [7, 11) is -4.94. The molecule has 0 unspecified atom stereocenters. The van der Waals surface area contributed by atoms with E-state index in [1.54, 1.807) is 0 Å². The summed E-state index contributed by atoms with van der Waals surface area (Å²) in [5, 5.41) is 0. The number of aryl methyl sites for hydroxylation is 2. The lowest BCUT2D eigenvalue weighted by Gasteiger charge is -2.17. The van der Waals surface area contributed by atoms with Crippen molar-refractivity contribution in [2.45, 2.75) is 13.1 Å². The predicted octanol–water partition coefficient (Wildman–Crippen LogP) is -3.79. The van der Waals surface area contributed by atoms with Gasteiger partial charge in [-0.1, -0.05) is 12.1 Å². The molecule has 0 aliphatic carbocycles. The SMILES string of the molecule is [O-][Cl+3]([O-])([O-])[O-].c1cc[n+](CC[n+]2ccccc2)cc1. The Morgan fingerprint density at radius 3 is 1.11 bits per heavy atom. The van der Waals surface area contributed by atoms with Crippen molar-refractivity contribution in [3.05, 3.63) is 61.2 Å². The zero-order chi connectivity index (χ0) is 14.1. The van der Waals surface area contributed by atoms with Gasteiger partial charge in [0.2, 0.25) is 13.1 Å². The van der Waals surface area contributed by atoms with E-state index in [2.05, 4.69) is 58.2 Å². The lowest BCUT2D eigenvalue weighted by Crippen LogP contribution is -2.68. The molecular weight excluding hydrogens is 272 g/mol. The molecule has 0 aromatic carbocycles. The Kier molecular flexibility index (Phi) is 6.34. The second-order valence-electron chi connectivity index (χ2n) is 3.60. The maximum Gasteiger partial charge on any atom is 0.206 e. The van der Waals surface area contributed by atoms with E-state index in [4.69, 9.17) is 18.6 Å². The number of hydrogen-bond acceptors (Lipinski definition) is 4. The fourth-order valence-electron chi connectivity index (χ4n) is 1.40. The fourth-order valence-corrected chi connectivity index (χ4v) is 1.40. The van der Waals surface area contributed by atoms with E-state index in [1.165, 1.54) is 0 Å². The number of pyridine rings is 2. The summed E-state index contributed by atoms with van der Waals surface area (Å²) < 4.78 is 38.3. The number of rotatable bonds is 3. The first-order valence-electron chi connectivity index (χ1n) is 5.45. The Labute approximate surface area is 113 Å². The summed E-state index contributed by atoms with van der Waals surface area (Å²) in [5.74, 6) is 0. The summed E-state index contributed by atoms with van der Waals surface area (Å²) in [6.45, 7) is 2.02. The van der Waals surface area contributed by atoms with Crippen molar-refractivity contribution in [2.24, 2.45) is 0 Å². The Hall–Kier alpha value is -1.57. The lowest BCUT2D eigenvalue weighted by atomic mass is 10.4. The second kappa shape index (κ2) is 7.78. The van der Waals surface area contributed by atoms with Crippen molar-refractivity contribution in [2.75, 3.05) is 0 Å². The topological polar surface area (TPSA) is 100 Å². The molecule has 6 nitrogen and oxygen atoms in total. The summed E-state index contributed by atoms with van der Waals surface area (Å²) in [4.78, 5) is 0. The van der Waals surface area contributed by atoms with Gasteiger partial charge in [0.15, 0.2) is 24.8 Å². The quantitative estimate of drug-likeness (QED) is 0.540. The molecule has 0 aliphatic heterocycles. The van der Waals surface area contributed by atoms with Crippen LogP contribution in [0.4, 0.5) is 0 Å². The third-order valence-electron chi connectivity index (χ3n) is 2.17. The standard InChI is InChI=1S/C12H14N2.ClHO4/c1-3-7-13(8-4-1)11-12-14-9-5-2-6-10-14;2-1(3,4)5/h1-10H,11-12H2;(H,2,3,4,5)/q+2;/p-1. The van der Waals surface area contributed by atoms with Gasteiger partial charge in [-0.2, -0.15) is 9.13 Å². The third kappa shape index (κ3) is 9.06. The average Bonchev–Trinajstić information content (AvgIpc) is 2.37. The van der Waals surface area contributed by atoms with Crippen LogP contribution >= 0.6 is 0 Å². The van der Waals surface area contributed by atoms with Crippen LogP contribution in [0.1, 0.15) is 0 Å². The molecule has 2 aromatic heterocycles. The highest BCUT2D eigenvalue weighted by molar-refractivity contribution is 4.84. The van der Waals surface area contributed by atoms with Gasteiger partial charge in [-0.25, -0.2) is 18.6 Å². The molecule has 7 heteroatoms. The Morgan fingerprint density at radius 2 is 0.842 bits per heavy atom. The number of halogens is 1. The van der Waals surface area contributed by atoms with Crippen molar-refractivity contribution < 1.29 is 38.0 Å². The van der Waals surface area contributed by atoms with Crippen molar-refractivity contribution >= 4 is 0 Å². The van der Waals surface area contributed by atoms with Crippen molar-refractivity contribution in [3.63, 3.8) is 0 Å². The van der Waals surface area contributed by atoms with Gasteiger partial charge in [0.1, 0.15) is 0 Å². The van der Waals surface area contributed by atoms with Crippen LogP contribution in [0.25, 0.3) is 0 Å². The molecule has 0 atom stereocenters. The number of aromatic nitrogens is 2. The zero-order valence-electron chi connectivity index (χ0n) is 10.1. The summed E-state index contributed by atoms with van der Waals surface area (Å²) in [6.07, 6.45) is 8.35. The molecule has 102 valence electrons. The van der Waals surface area contributed by atoms with Gasteiger partial charge < -0.3 is 0 Å². The second-order valence-corrected chi connectivity index (χ2v) is 4.36. The molecule has 0 N–H and O–H groups in total. The molecule has 0 bridgehead atoms. The Morgan fingerprint density at radius 1 is 0.579 bits per heavy atom. The average molecular weight is 286 g/mol. The minimum absolute atomic E-state index is 1.01. The Bertz CT molecular complexity index is 417. The first-order valence-corrected chi connectivity index (χ1v) is 6.68. The lowest BCUT2D eigenvalue weighted by molar-refractivity contribution is -2.00. The molecule has 0 aliphatic rings. The molecule has 2 aromatic rings. The highest BCUT2D eigenvalue weighted by Crippen LogP contribution is 1.79. The van der Waals surface area contributed by atoms with Crippen LogP contribution in [0.2, 0.25) is 0 Å². The van der Waals surface area contributed by atoms with Gasteiger partial charge in [0.05, 0.1) is 0 Å². The van der Waals surface area contributed by atoms with Crippen LogP contribution in [-0.4, -0.2) is 0 Å². The molecular formula is C12H14ClN2O4+. The van der Waals surface area contributed by atoms with Gasteiger partial charge in [-0.3, -0.25) is 0 Å². The minimum Gasteiger partial charge on any atom is -0.222 e. The van der Waals surface area contributed by atoms with Crippen LogP contribution < -0.4 is 27.8 Å². The summed E-state index contributed by atoms with van der Waals surface area (Å²) in [6, 6.07) is 12.3. The van der Waals surface area contributed by atoms with Crippen LogP contribution in [-0.2, 0) is 13.1 Å². The molecule has 2 heterocycles. The Balaban J connectivity index is 0.000000312. The van der Waals surface area contributed by atoms with Gasteiger partial charge in [0, 0.05) is 24.3 Å². The van der Waals surface area contributed by atoms with Gasteiger partial charge in [0.25, 0.3) is 0 Å². The fraction of sp³-hybridized carbons (Fsp3) is 0.167. The van der Waals surface area contributed by atoms with Gasteiger partial charge in [-0.15, -0.1) is 10.2 Å². The number of hydrogen-bond donors (Lipinski definition) is 0. The molecule has 19 heavy (non-hydrogen) atoms. The molecule has 0 saturated carbocycles. The van der Waals surface area contributed by atoms with Crippen LogP contribution in [0.15, 0.2) is 61.2 Å². The van der Waals surface area contributed by atoms with Gasteiger partial charge >= 0.3 is 0 Å². The molecule has 0 spiro atoms. The molecule has 2 rings (SSSR count). The van der Waals surface area contributed by atoms with E-state index in [0.717, 1.165) is 13.1 Å². The van der Waals surface area contributed by atoms with E-state index < -0.39 is 10.2 Å². The predicted molar refractivity (Wildman–Crippen MR) is 53.3 cm³/mol. The van der Waals surface area contributed by atoms with Crippen LogP contribution in [0, 0.1) is 10.2 Å². The van der Waals surface area contributed by atoms with E-state index in [9.17, 15) is 0 Å². The van der Waals surface area contributed by atoms with Crippen molar-refractivity contribution in [1.82, 2.24) is 0 Å². The summed E-state index contributed by atoms with van der Waals surface area (Å²) >= 11 is 0. The third-order valence-corrected chi connectivity index (χ3v) is 2.17. The molecule has 0 radical (unpaired) electrons. The van der Waals surface area contributed by atoms with Crippen LogP contribution in [0.5, 0.6) is 0 Å². The maximum absolute atomic E-state index is 8.49. The largest absolute Gasteiger partial charge is 0.222 e. The normalized spacial score (nSPS) is 10.5. The van der Waals surface area contributed by atoms with E-state index in [1.807, 2.05) is 12.1 Å². The highest BCUT2D eigenvalue weighted by Gasteiger charge is 2.02. The van der Waals surface area contributed by atoms with Crippen LogP contribution in [0.3, 0.4) is 0 Å². The molecule has 0 saturated heterocycles. The number of nitrogens with zero attached hydrogens (tertiary/aromatic N) is 2. The zero-order valence-corrected chi connectivity index (χ0v) is 10.8. The monoisotopic (exact) mass is 285 g/mol. The first kappa shape index (κ1) is 15.5. The molecule has 0 fully saturated rings. The van der Waals surface area contributed by atoms with E-state index in [0.29, 0.717) is 0 Å². The van der Waals surface area contributed by atoms with E-state index >= 15 is 0 Å². The summed E-state index contributed by atoms with van der Waals surface area (Å²) in [5.41, 5.74) is 0. The van der Waals surface area contributed by atoms with E-state index in [-0.39, 0.29) is 0 Å². The first-order chi connectivity index (χ1) is 8.95. The van der Waals surface area contributed by atoms with Crippen molar-refractivity contribution in [3.8, 4) is 0 Å². The molecule has 0 amide bonds. The highest BCUT2D eigenvalue weighted by atomic mass is 35.7. The van der Waals surface area contributed by atoms with Gasteiger partial charge in [-0.05, 0) is 0 Å². The van der Waals surface area contributed by atoms with Crippen molar-refractivity contribution in [1.29, 1.82) is 0 Å². The smallest absolute Gasteiger partial charge is 0.206 e. The maximum atomic E-state index is 8.49. The minimum atomic E-state index is -4.94.